The van der Waals surface area contributed by atoms with Gasteiger partial charge in [0.2, 0.25) is 5.91 Å². The van der Waals surface area contributed by atoms with E-state index in [9.17, 15) is 14.0 Å². The zero-order valence-electron chi connectivity index (χ0n) is 20.3. The van der Waals surface area contributed by atoms with Gasteiger partial charge in [0.05, 0.1) is 17.3 Å². The van der Waals surface area contributed by atoms with Crippen LogP contribution in [0.4, 0.5) is 4.39 Å². The van der Waals surface area contributed by atoms with E-state index in [1.54, 1.807) is 30.4 Å². The molecule has 2 aromatic heterocycles. The Morgan fingerprint density at radius 1 is 1.08 bits per heavy atom. The normalized spacial score (nSPS) is 16.6. The summed E-state index contributed by atoms with van der Waals surface area (Å²) in [6.45, 7) is 0.298. The van der Waals surface area contributed by atoms with E-state index in [1.165, 1.54) is 18.4 Å². The lowest BCUT2D eigenvalue weighted by atomic mass is 9.92. The van der Waals surface area contributed by atoms with Gasteiger partial charge in [-0.1, -0.05) is 12.1 Å². The Labute approximate surface area is 213 Å². The molecule has 0 saturated heterocycles. The van der Waals surface area contributed by atoms with Gasteiger partial charge < -0.3 is 14.6 Å². The number of nitrogens with one attached hydrogen (secondary N) is 1. The molecular formula is C29H25FN4O3. The lowest BCUT2D eigenvalue weighted by molar-refractivity contribution is -0.125. The summed E-state index contributed by atoms with van der Waals surface area (Å²) in [4.78, 5) is 36.9. The Kier molecular flexibility index (Phi) is 5.79. The number of rotatable bonds is 5. The van der Waals surface area contributed by atoms with E-state index in [2.05, 4.69) is 15.3 Å². The number of benzene rings is 2. The summed E-state index contributed by atoms with van der Waals surface area (Å²) in [5, 5.41) is 2.68. The topological polar surface area (TPSA) is 88.3 Å². The van der Waals surface area contributed by atoms with Gasteiger partial charge in [0.1, 0.15) is 11.9 Å². The molecule has 1 aliphatic heterocycles. The Morgan fingerprint density at radius 2 is 1.92 bits per heavy atom. The predicted molar refractivity (Wildman–Crippen MR) is 136 cm³/mol. The third-order valence-electron chi connectivity index (χ3n) is 7.33. The quantitative estimate of drug-likeness (QED) is 0.449. The van der Waals surface area contributed by atoms with Crippen molar-refractivity contribution in [3.05, 3.63) is 101 Å². The molecule has 186 valence electrons. The molecule has 0 bridgehead atoms. The molecular weight excluding hydrogens is 471 g/mol. The third-order valence-corrected chi connectivity index (χ3v) is 7.33. The molecule has 1 aliphatic carbocycles. The van der Waals surface area contributed by atoms with Crippen molar-refractivity contribution in [3.8, 4) is 0 Å². The van der Waals surface area contributed by atoms with Crippen molar-refractivity contribution in [1.29, 1.82) is 0 Å². The average Bonchev–Trinajstić information content (AvgIpc) is 3.54. The molecule has 1 N–H and O–H groups in total. The minimum atomic E-state index is -0.706. The molecule has 37 heavy (non-hydrogen) atoms. The van der Waals surface area contributed by atoms with E-state index in [0.29, 0.717) is 32.2 Å². The molecule has 1 atom stereocenters. The Hall–Kier alpha value is -4.33. The van der Waals surface area contributed by atoms with Gasteiger partial charge >= 0.3 is 0 Å². The van der Waals surface area contributed by atoms with Gasteiger partial charge in [0.15, 0.2) is 5.76 Å². The molecule has 2 aliphatic rings. The van der Waals surface area contributed by atoms with Gasteiger partial charge in [-0.3, -0.25) is 19.6 Å². The summed E-state index contributed by atoms with van der Waals surface area (Å²) >= 11 is 0. The molecule has 0 fully saturated rings. The zero-order valence-corrected chi connectivity index (χ0v) is 20.3. The molecule has 2 amide bonds. The van der Waals surface area contributed by atoms with Gasteiger partial charge in [-0.2, -0.15) is 0 Å². The number of fused-ring (bicyclic) bond motifs is 3. The van der Waals surface area contributed by atoms with Crippen LogP contribution in [0.1, 0.15) is 39.2 Å². The summed E-state index contributed by atoms with van der Waals surface area (Å²) in [5.41, 5.74) is 7.40. The van der Waals surface area contributed by atoms with E-state index in [4.69, 9.17) is 4.42 Å². The van der Waals surface area contributed by atoms with Crippen molar-refractivity contribution in [3.63, 3.8) is 0 Å². The fourth-order valence-corrected chi connectivity index (χ4v) is 5.44. The van der Waals surface area contributed by atoms with Crippen LogP contribution < -0.4 is 5.32 Å². The molecule has 3 heterocycles. The maximum Gasteiger partial charge on any atom is 0.290 e. The van der Waals surface area contributed by atoms with Crippen molar-refractivity contribution < 1.29 is 18.4 Å². The highest BCUT2D eigenvalue weighted by Crippen LogP contribution is 2.41. The van der Waals surface area contributed by atoms with Crippen LogP contribution in [0.3, 0.4) is 0 Å². The molecule has 0 radical (unpaired) electrons. The minimum Gasteiger partial charge on any atom is -0.459 e. The highest BCUT2D eigenvalue weighted by Gasteiger charge is 2.40. The number of carbonyl (C=O) groups is 2. The Morgan fingerprint density at radius 3 is 2.76 bits per heavy atom. The zero-order chi connectivity index (χ0) is 25.5. The van der Waals surface area contributed by atoms with E-state index < -0.39 is 6.04 Å². The van der Waals surface area contributed by atoms with Crippen LogP contribution in [0.25, 0.3) is 16.6 Å². The lowest BCUT2D eigenvalue weighted by Crippen LogP contribution is -2.51. The number of carbonyl (C=O) groups excluding carboxylic acids is 2. The number of hydrogen-bond acceptors (Lipinski definition) is 5. The largest absolute Gasteiger partial charge is 0.459 e. The van der Waals surface area contributed by atoms with Gasteiger partial charge in [-0.15, -0.1) is 0 Å². The van der Waals surface area contributed by atoms with Crippen molar-refractivity contribution in [2.45, 2.75) is 31.7 Å². The van der Waals surface area contributed by atoms with Crippen molar-refractivity contribution >= 4 is 28.4 Å². The number of amides is 2. The Balaban J connectivity index is 1.25. The maximum atomic E-state index is 14.0. The molecule has 2 aromatic carbocycles. The number of nitrogens with zero attached hydrogens (tertiary/aromatic N) is 3. The third kappa shape index (κ3) is 4.18. The van der Waals surface area contributed by atoms with Gasteiger partial charge in [-0.05, 0) is 77.4 Å². The number of aromatic nitrogens is 2. The first-order valence-electron chi connectivity index (χ1n) is 12.3. The number of furan rings is 1. The summed E-state index contributed by atoms with van der Waals surface area (Å²) in [5.74, 6) is -0.622. The standard InChI is InChI=1S/C29H25FN4O3/c1-31-28(35)26-15-23-20(13-19-5-6-21(30)14-22(19)23)16-34(26)29(36)27-18(8-11-37-27)4-2-17-3-7-24-25(12-17)33-10-9-32-24/h3,5-12,14,26H,2,4,13,15-16H2,1H3,(H,31,35). The smallest absolute Gasteiger partial charge is 0.290 e. The lowest BCUT2D eigenvalue weighted by Gasteiger charge is -2.35. The summed E-state index contributed by atoms with van der Waals surface area (Å²) in [7, 11) is 1.56. The van der Waals surface area contributed by atoms with Crippen LogP contribution in [-0.4, -0.2) is 46.3 Å². The molecule has 0 spiro atoms. The molecule has 1 unspecified atom stereocenters. The molecule has 6 rings (SSSR count). The summed E-state index contributed by atoms with van der Waals surface area (Å²) in [6.07, 6.45) is 7.13. The van der Waals surface area contributed by atoms with Crippen LogP contribution in [0.15, 0.2) is 71.1 Å². The summed E-state index contributed by atoms with van der Waals surface area (Å²) < 4.78 is 19.6. The second-order valence-corrected chi connectivity index (χ2v) is 9.48. The van der Waals surface area contributed by atoms with E-state index in [-0.39, 0.29) is 23.4 Å². The fraction of sp³-hybridized carbons (Fsp3) is 0.241. The van der Waals surface area contributed by atoms with E-state index in [1.807, 2.05) is 24.3 Å². The number of likely N-dealkylation sites (N-methyl/N-ethyl adjacent to an activating group) is 1. The highest BCUT2D eigenvalue weighted by atomic mass is 19.1. The minimum absolute atomic E-state index is 0.250. The molecule has 7 nitrogen and oxygen atoms in total. The van der Waals surface area contributed by atoms with Gasteiger partial charge in [-0.25, -0.2) is 4.39 Å². The molecule has 0 saturated carbocycles. The predicted octanol–water partition coefficient (Wildman–Crippen LogP) is 4.12. The number of aryl methyl sites for hydroxylation is 2. The molecule has 8 heteroatoms. The second kappa shape index (κ2) is 9.28. The monoisotopic (exact) mass is 496 g/mol. The van der Waals surface area contributed by atoms with Gasteiger partial charge in [0.25, 0.3) is 5.91 Å². The highest BCUT2D eigenvalue weighted by molar-refractivity contribution is 5.99. The number of halogens is 1. The first-order chi connectivity index (χ1) is 18.0. The first-order valence-corrected chi connectivity index (χ1v) is 12.3. The van der Waals surface area contributed by atoms with Crippen molar-refractivity contribution in [2.75, 3.05) is 13.6 Å². The van der Waals surface area contributed by atoms with Crippen LogP contribution in [0.2, 0.25) is 0 Å². The molecule has 4 aromatic rings. The van der Waals surface area contributed by atoms with Crippen molar-refractivity contribution in [1.82, 2.24) is 20.2 Å². The summed E-state index contributed by atoms with van der Waals surface area (Å²) in [6, 6.07) is 11.8. The maximum absolute atomic E-state index is 14.0. The first kappa shape index (κ1) is 23.1. The van der Waals surface area contributed by atoms with Crippen LogP contribution in [0.5, 0.6) is 0 Å². The van der Waals surface area contributed by atoms with Crippen molar-refractivity contribution in [2.24, 2.45) is 0 Å². The van der Waals surface area contributed by atoms with E-state index >= 15 is 0 Å². The fourth-order valence-electron chi connectivity index (χ4n) is 5.44. The van der Waals surface area contributed by atoms with Gasteiger partial charge in [0, 0.05) is 38.0 Å². The Bertz CT molecular complexity index is 1570. The van der Waals surface area contributed by atoms with E-state index in [0.717, 1.165) is 44.4 Å². The van der Waals surface area contributed by atoms with Crippen LogP contribution in [-0.2, 0) is 24.1 Å². The van der Waals surface area contributed by atoms with Crippen LogP contribution in [0, 0.1) is 5.82 Å². The average molecular weight is 497 g/mol. The second-order valence-electron chi connectivity index (χ2n) is 9.48. The SMILES string of the molecule is CNC(=O)C1CC2=C(Cc3ccc(F)cc32)CN1C(=O)c1occc1CCc1ccc2nccnc2c1. The van der Waals surface area contributed by atoms with Crippen LogP contribution >= 0.6 is 0 Å². The number of hydrogen-bond donors (Lipinski definition) is 1.